The molecule has 4 heteroatoms. The van der Waals surface area contributed by atoms with E-state index in [1.165, 1.54) is 0 Å². The zero-order chi connectivity index (χ0) is 7.84. The SMILES string of the molecule is Cc1cc2onc(Cl)c2cn1. The van der Waals surface area contributed by atoms with Crippen LogP contribution in [0.15, 0.2) is 16.8 Å². The van der Waals surface area contributed by atoms with Gasteiger partial charge in [0.2, 0.25) is 0 Å². The van der Waals surface area contributed by atoms with E-state index < -0.39 is 0 Å². The maximum absolute atomic E-state index is 5.68. The molecule has 0 aliphatic carbocycles. The Bertz CT molecular complexity index is 396. The van der Waals surface area contributed by atoms with E-state index in [1.54, 1.807) is 12.3 Å². The Labute approximate surface area is 68.0 Å². The van der Waals surface area contributed by atoms with Crippen LogP contribution >= 0.6 is 11.6 Å². The number of aromatic nitrogens is 2. The van der Waals surface area contributed by atoms with Crippen molar-refractivity contribution >= 4 is 22.6 Å². The van der Waals surface area contributed by atoms with Gasteiger partial charge in [-0.15, -0.1) is 0 Å². The van der Waals surface area contributed by atoms with Gasteiger partial charge < -0.3 is 4.52 Å². The highest BCUT2D eigenvalue weighted by molar-refractivity contribution is 6.33. The Morgan fingerprint density at radius 1 is 1.55 bits per heavy atom. The minimum absolute atomic E-state index is 0.368. The van der Waals surface area contributed by atoms with Crippen molar-refractivity contribution in [2.45, 2.75) is 6.92 Å². The normalized spacial score (nSPS) is 10.7. The monoisotopic (exact) mass is 168 g/mol. The molecule has 0 saturated carbocycles. The van der Waals surface area contributed by atoms with Crippen LogP contribution in [-0.4, -0.2) is 10.1 Å². The highest BCUT2D eigenvalue weighted by atomic mass is 35.5. The van der Waals surface area contributed by atoms with Crippen LogP contribution in [0.1, 0.15) is 5.69 Å². The Morgan fingerprint density at radius 2 is 2.36 bits per heavy atom. The first-order valence-electron chi connectivity index (χ1n) is 3.15. The number of aryl methyl sites for hydroxylation is 1. The third kappa shape index (κ3) is 0.973. The summed E-state index contributed by atoms with van der Waals surface area (Å²) in [7, 11) is 0. The molecule has 0 aromatic carbocycles. The summed E-state index contributed by atoms with van der Waals surface area (Å²) in [4.78, 5) is 4.06. The average Bonchev–Trinajstić information content (AvgIpc) is 2.32. The molecule has 11 heavy (non-hydrogen) atoms. The van der Waals surface area contributed by atoms with Crippen LogP contribution in [0.4, 0.5) is 0 Å². The third-order valence-electron chi connectivity index (χ3n) is 1.45. The maximum Gasteiger partial charge on any atom is 0.181 e. The van der Waals surface area contributed by atoms with Gasteiger partial charge in [0.25, 0.3) is 0 Å². The van der Waals surface area contributed by atoms with Gasteiger partial charge >= 0.3 is 0 Å². The van der Waals surface area contributed by atoms with Gasteiger partial charge in [0.15, 0.2) is 10.7 Å². The fourth-order valence-electron chi connectivity index (χ4n) is 0.904. The summed E-state index contributed by atoms with van der Waals surface area (Å²) in [5, 5.41) is 4.72. The summed E-state index contributed by atoms with van der Waals surface area (Å²) in [6, 6.07) is 1.80. The smallest absolute Gasteiger partial charge is 0.181 e. The number of rotatable bonds is 0. The molecule has 2 aromatic rings. The minimum atomic E-state index is 0.368. The lowest BCUT2D eigenvalue weighted by Crippen LogP contribution is -1.76. The second-order valence-corrected chi connectivity index (χ2v) is 2.65. The first kappa shape index (κ1) is 6.61. The molecule has 2 rings (SSSR count). The number of pyridine rings is 1. The molecule has 0 fully saturated rings. The summed E-state index contributed by atoms with van der Waals surface area (Å²) in [5.74, 6) is 0. The van der Waals surface area contributed by atoms with Gasteiger partial charge in [-0.2, -0.15) is 0 Å². The summed E-state index contributed by atoms with van der Waals surface area (Å²) in [5.41, 5.74) is 1.58. The Hall–Kier alpha value is -1.09. The van der Waals surface area contributed by atoms with E-state index in [0.717, 1.165) is 11.1 Å². The molecule has 0 unspecified atom stereocenters. The number of halogens is 1. The summed E-state index contributed by atoms with van der Waals surface area (Å²) >= 11 is 5.68. The highest BCUT2D eigenvalue weighted by Crippen LogP contribution is 2.21. The lowest BCUT2D eigenvalue weighted by atomic mass is 10.3. The number of nitrogens with zero attached hydrogens (tertiary/aromatic N) is 2. The lowest BCUT2D eigenvalue weighted by molar-refractivity contribution is 0.456. The number of hydrogen-bond donors (Lipinski definition) is 0. The Kier molecular flexibility index (Phi) is 1.32. The van der Waals surface area contributed by atoms with Crippen molar-refractivity contribution in [3.05, 3.63) is 23.1 Å². The summed E-state index contributed by atoms with van der Waals surface area (Å²) in [6.07, 6.45) is 1.66. The lowest BCUT2D eigenvalue weighted by Gasteiger charge is -1.87. The molecule has 0 N–H and O–H groups in total. The minimum Gasteiger partial charge on any atom is -0.355 e. The van der Waals surface area contributed by atoms with Crippen LogP contribution in [0.25, 0.3) is 11.0 Å². The van der Waals surface area contributed by atoms with Crippen molar-refractivity contribution in [1.82, 2.24) is 10.1 Å². The largest absolute Gasteiger partial charge is 0.355 e. The molecular weight excluding hydrogens is 164 g/mol. The number of hydrogen-bond acceptors (Lipinski definition) is 3. The van der Waals surface area contributed by atoms with Crippen molar-refractivity contribution in [3.63, 3.8) is 0 Å². The van der Waals surface area contributed by atoms with Gasteiger partial charge in [0.05, 0.1) is 5.39 Å². The quantitative estimate of drug-likeness (QED) is 0.605. The molecule has 0 radical (unpaired) electrons. The van der Waals surface area contributed by atoms with Gasteiger partial charge in [-0.05, 0) is 6.92 Å². The van der Waals surface area contributed by atoms with Gasteiger partial charge in [-0.3, -0.25) is 4.98 Å². The standard InChI is InChI=1S/C7H5ClN2O/c1-4-2-6-5(3-9-4)7(8)10-11-6/h2-3H,1H3. The van der Waals surface area contributed by atoms with Crippen LogP contribution in [-0.2, 0) is 0 Å². The van der Waals surface area contributed by atoms with Gasteiger partial charge in [0, 0.05) is 18.0 Å². The van der Waals surface area contributed by atoms with Crippen molar-refractivity contribution in [2.75, 3.05) is 0 Å². The maximum atomic E-state index is 5.68. The van der Waals surface area contributed by atoms with E-state index in [-0.39, 0.29) is 0 Å². The fraction of sp³-hybridized carbons (Fsp3) is 0.143. The van der Waals surface area contributed by atoms with E-state index in [0.29, 0.717) is 10.7 Å². The van der Waals surface area contributed by atoms with Gasteiger partial charge in [-0.1, -0.05) is 16.8 Å². The molecular formula is C7H5ClN2O. The van der Waals surface area contributed by atoms with Gasteiger partial charge in [0.1, 0.15) is 0 Å². The topological polar surface area (TPSA) is 38.9 Å². The molecule has 3 nitrogen and oxygen atoms in total. The molecule has 56 valence electrons. The molecule has 2 aromatic heterocycles. The van der Waals surface area contributed by atoms with Gasteiger partial charge in [-0.25, -0.2) is 0 Å². The Morgan fingerprint density at radius 3 is 3.18 bits per heavy atom. The highest BCUT2D eigenvalue weighted by Gasteiger charge is 2.04. The van der Waals surface area contributed by atoms with E-state index in [1.807, 2.05) is 6.92 Å². The van der Waals surface area contributed by atoms with E-state index in [9.17, 15) is 0 Å². The zero-order valence-electron chi connectivity index (χ0n) is 5.84. The first-order chi connectivity index (χ1) is 5.27. The van der Waals surface area contributed by atoms with Crippen LogP contribution in [0.5, 0.6) is 0 Å². The van der Waals surface area contributed by atoms with Crippen LogP contribution in [0.2, 0.25) is 5.15 Å². The van der Waals surface area contributed by atoms with Crippen molar-refractivity contribution in [1.29, 1.82) is 0 Å². The molecule has 0 atom stereocenters. The zero-order valence-corrected chi connectivity index (χ0v) is 6.59. The third-order valence-corrected chi connectivity index (χ3v) is 1.72. The molecule has 0 saturated heterocycles. The van der Waals surface area contributed by atoms with E-state index >= 15 is 0 Å². The average molecular weight is 169 g/mol. The van der Waals surface area contributed by atoms with Crippen LogP contribution in [0, 0.1) is 6.92 Å². The molecule has 2 heterocycles. The van der Waals surface area contributed by atoms with Crippen molar-refractivity contribution < 1.29 is 4.52 Å². The van der Waals surface area contributed by atoms with Crippen LogP contribution in [0.3, 0.4) is 0 Å². The second-order valence-electron chi connectivity index (χ2n) is 2.30. The number of fused-ring (bicyclic) bond motifs is 1. The molecule has 0 bridgehead atoms. The van der Waals surface area contributed by atoms with E-state index in [4.69, 9.17) is 16.1 Å². The predicted molar refractivity (Wildman–Crippen MR) is 41.6 cm³/mol. The second kappa shape index (κ2) is 2.20. The molecule has 0 amide bonds. The molecule has 0 spiro atoms. The van der Waals surface area contributed by atoms with Crippen LogP contribution < -0.4 is 0 Å². The molecule has 0 aliphatic heterocycles. The summed E-state index contributed by atoms with van der Waals surface area (Å²) in [6.45, 7) is 1.88. The molecule has 0 aliphatic rings. The van der Waals surface area contributed by atoms with Crippen molar-refractivity contribution in [3.8, 4) is 0 Å². The van der Waals surface area contributed by atoms with E-state index in [2.05, 4.69) is 10.1 Å². The van der Waals surface area contributed by atoms with Crippen molar-refractivity contribution in [2.24, 2.45) is 0 Å². The summed E-state index contributed by atoms with van der Waals surface area (Å²) < 4.78 is 4.91. The first-order valence-corrected chi connectivity index (χ1v) is 3.53. The fourth-order valence-corrected chi connectivity index (χ4v) is 1.08. The predicted octanol–water partition coefficient (Wildman–Crippen LogP) is 2.18. The Balaban J connectivity index is 2.86.